The highest BCUT2D eigenvalue weighted by molar-refractivity contribution is 5.94. The molecule has 1 aliphatic heterocycles. The molecule has 0 bridgehead atoms. The van der Waals surface area contributed by atoms with Crippen LogP contribution in [-0.2, 0) is 12.0 Å². The van der Waals surface area contributed by atoms with Crippen LogP contribution in [0.2, 0.25) is 0 Å². The number of rotatable bonds is 4. The first-order chi connectivity index (χ1) is 14.1. The molecule has 30 heavy (non-hydrogen) atoms. The fourth-order valence-electron chi connectivity index (χ4n) is 3.33. The zero-order valence-corrected chi connectivity index (χ0v) is 15.5. The molecule has 0 radical (unpaired) electrons. The number of nitrogens with one attached hydrogen (secondary N) is 1. The lowest BCUT2D eigenvalue weighted by Crippen LogP contribution is -2.60. The third-order valence-electron chi connectivity index (χ3n) is 4.53. The Morgan fingerprint density at radius 3 is 2.13 bits per heavy atom. The van der Waals surface area contributed by atoms with Crippen LogP contribution in [0.3, 0.4) is 0 Å². The second-order valence-electron chi connectivity index (χ2n) is 6.38. The lowest BCUT2D eigenvalue weighted by atomic mass is 9.80. The highest BCUT2D eigenvalue weighted by Gasteiger charge is 2.52. The van der Waals surface area contributed by atoms with Gasteiger partial charge in [-0.05, 0) is 29.8 Å². The maximum atomic E-state index is 14.6. The second-order valence-corrected chi connectivity index (χ2v) is 6.38. The van der Waals surface area contributed by atoms with E-state index in [0.29, 0.717) is 13.2 Å². The molecule has 0 aliphatic carbocycles. The molecule has 3 rings (SSSR count). The fraction of sp³-hybridized carbons (Fsp3) is 0.316. The van der Waals surface area contributed by atoms with Crippen LogP contribution in [0.15, 0.2) is 36.4 Å². The lowest BCUT2D eigenvalue weighted by Gasteiger charge is -2.46. The van der Waals surface area contributed by atoms with Crippen LogP contribution in [0, 0.1) is 17.5 Å². The molecule has 2 aromatic carbocycles. The molecule has 1 unspecified atom stereocenters. The molecule has 11 heteroatoms. The van der Waals surface area contributed by atoms with E-state index in [9.17, 15) is 39.9 Å². The van der Waals surface area contributed by atoms with Crippen molar-refractivity contribution in [3.63, 3.8) is 0 Å². The van der Waals surface area contributed by atoms with Gasteiger partial charge in [-0.3, -0.25) is 4.39 Å². The quantitative estimate of drug-likeness (QED) is 0.626. The van der Waals surface area contributed by atoms with Gasteiger partial charge in [0.2, 0.25) is 0 Å². The Hall–Kier alpha value is -2.85. The van der Waals surface area contributed by atoms with E-state index in [1.807, 2.05) is 5.32 Å². The monoisotopic (exact) mass is 440 g/mol. The number of urea groups is 1. The van der Waals surface area contributed by atoms with E-state index in [-0.39, 0.29) is 16.2 Å². The van der Waals surface area contributed by atoms with Gasteiger partial charge in [0.25, 0.3) is 0 Å². The van der Waals surface area contributed by atoms with Crippen LogP contribution in [0.25, 0.3) is 0 Å². The molecule has 0 aromatic heterocycles. The van der Waals surface area contributed by atoms with Crippen molar-refractivity contribution >= 4 is 11.7 Å². The normalized spacial score (nSPS) is 18.3. The summed E-state index contributed by atoms with van der Waals surface area (Å²) in [6.07, 6.45) is -5.55. The summed E-state index contributed by atoms with van der Waals surface area (Å²) in [6, 6.07) is 4.63. The van der Waals surface area contributed by atoms with Gasteiger partial charge in [0, 0.05) is 12.0 Å². The van der Waals surface area contributed by atoms with E-state index in [4.69, 9.17) is 0 Å². The molecule has 2 aromatic rings. The molecule has 1 N–H and O–H groups in total. The van der Waals surface area contributed by atoms with Crippen LogP contribution in [0.4, 0.5) is 45.6 Å². The summed E-state index contributed by atoms with van der Waals surface area (Å²) in [5.74, 6) is -3.62. The molecule has 164 valence electrons. The van der Waals surface area contributed by atoms with Crippen LogP contribution in [0.1, 0.15) is 11.1 Å². The topological polar surface area (TPSA) is 32.3 Å². The Morgan fingerprint density at radius 2 is 1.60 bits per heavy atom. The highest BCUT2D eigenvalue weighted by Crippen LogP contribution is 2.44. The third kappa shape index (κ3) is 4.49. The Balaban J connectivity index is 0.00000155. The number of benzene rings is 2. The van der Waals surface area contributed by atoms with Crippen LogP contribution in [-0.4, -0.2) is 37.5 Å². The van der Waals surface area contributed by atoms with E-state index < -0.39 is 60.4 Å². The van der Waals surface area contributed by atoms with Crippen LogP contribution < -0.4 is 5.32 Å². The number of hydrogen-bond donors (Lipinski definition) is 1. The van der Waals surface area contributed by atoms with Crippen LogP contribution >= 0.6 is 0 Å². The summed E-state index contributed by atoms with van der Waals surface area (Å²) in [6.45, 7) is -3.51. The number of alkyl halides is 5. The minimum absolute atomic E-state index is 0.0984. The fourth-order valence-corrected chi connectivity index (χ4v) is 3.33. The van der Waals surface area contributed by atoms with Gasteiger partial charge in [-0.2, -0.15) is 13.2 Å². The van der Waals surface area contributed by atoms with Crippen molar-refractivity contribution < 1.29 is 39.9 Å². The zero-order chi connectivity index (χ0) is 22.7. The number of anilines is 1. The first-order valence-corrected chi connectivity index (χ1v) is 8.39. The minimum Gasteiger partial charge on any atom is -0.307 e. The molecule has 0 saturated carbocycles. The number of nitrogens with zero attached hydrogens (tertiary/aromatic N) is 1. The standard InChI is InChI=1S/C18H13F7N2O.CH3F/c19-8-17(7-10-1-3-11(20)4-2-10)14-13(6-5-12(21)15(14)22)26-16(28)27(17)9-18(23,24)25;1-2/h1-6H,7-9H2,(H,26,28);1H3. The van der Waals surface area contributed by atoms with Crippen molar-refractivity contribution in [1.29, 1.82) is 0 Å². The number of fused-ring (bicyclic) bond motifs is 1. The van der Waals surface area contributed by atoms with Crippen molar-refractivity contribution in [3.8, 4) is 0 Å². The molecule has 1 atom stereocenters. The highest BCUT2D eigenvalue weighted by atomic mass is 19.4. The largest absolute Gasteiger partial charge is 0.406 e. The molecule has 0 saturated heterocycles. The number of hydrogen-bond acceptors (Lipinski definition) is 1. The van der Waals surface area contributed by atoms with E-state index in [2.05, 4.69) is 0 Å². The Kier molecular flexibility index (Phi) is 6.94. The van der Waals surface area contributed by atoms with Crippen LogP contribution in [0.5, 0.6) is 0 Å². The van der Waals surface area contributed by atoms with Gasteiger partial charge in [-0.15, -0.1) is 0 Å². The zero-order valence-electron chi connectivity index (χ0n) is 15.5. The van der Waals surface area contributed by atoms with E-state index >= 15 is 0 Å². The predicted octanol–water partition coefficient (Wildman–Crippen LogP) is 5.51. The first kappa shape index (κ1) is 23.4. The third-order valence-corrected chi connectivity index (χ3v) is 4.53. The van der Waals surface area contributed by atoms with Crippen molar-refractivity contribution in [2.24, 2.45) is 0 Å². The first-order valence-electron chi connectivity index (χ1n) is 8.39. The second kappa shape index (κ2) is 8.88. The summed E-state index contributed by atoms with van der Waals surface area (Å²) < 4.78 is 105. The van der Waals surface area contributed by atoms with Crippen molar-refractivity contribution in [1.82, 2.24) is 4.90 Å². The van der Waals surface area contributed by atoms with Gasteiger partial charge in [0.15, 0.2) is 11.6 Å². The number of halogens is 8. The van der Waals surface area contributed by atoms with Crippen molar-refractivity contribution in [2.75, 3.05) is 25.7 Å². The number of carbonyl (C=O) groups excluding carboxylic acids is 1. The molecule has 0 spiro atoms. The number of amides is 2. The Labute approximate surface area is 166 Å². The molecule has 1 aliphatic rings. The van der Waals surface area contributed by atoms with Gasteiger partial charge in [-0.1, -0.05) is 12.1 Å². The van der Waals surface area contributed by atoms with Gasteiger partial charge < -0.3 is 10.2 Å². The molecular formula is C19H16F8N2O. The molecule has 1 heterocycles. The van der Waals surface area contributed by atoms with Gasteiger partial charge in [0.1, 0.15) is 24.6 Å². The molecule has 3 nitrogen and oxygen atoms in total. The average molecular weight is 440 g/mol. The summed E-state index contributed by atoms with van der Waals surface area (Å²) in [4.78, 5) is 12.4. The average Bonchev–Trinajstić information content (AvgIpc) is 2.70. The lowest BCUT2D eigenvalue weighted by molar-refractivity contribution is -0.152. The SMILES string of the molecule is CF.O=C1Nc2ccc(F)c(F)c2C(CF)(Cc2ccc(F)cc2)N1CC(F)(F)F. The molecule has 2 amide bonds. The van der Waals surface area contributed by atoms with Gasteiger partial charge >= 0.3 is 12.2 Å². The summed E-state index contributed by atoms with van der Waals surface area (Å²) >= 11 is 0. The van der Waals surface area contributed by atoms with E-state index in [0.717, 1.165) is 18.2 Å². The van der Waals surface area contributed by atoms with Gasteiger partial charge in [-0.25, -0.2) is 22.4 Å². The molecule has 0 fully saturated rings. The van der Waals surface area contributed by atoms with E-state index in [1.165, 1.54) is 12.1 Å². The maximum absolute atomic E-state index is 14.6. The smallest absolute Gasteiger partial charge is 0.307 e. The Morgan fingerprint density at radius 1 is 1.00 bits per heavy atom. The Bertz CT molecular complexity index is 901. The summed E-state index contributed by atoms with van der Waals surface area (Å²) in [5, 5.41) is 2.04. The summed E-state index contributed by atoms with van der Waals surface area (Å²) in [5.41, 5.74) is -3.40. The number of carbonyl (C=O) groups is 1. The minimum atomic E-state index is -4.93. The van der Waals surface area contributed by atoms with Crippen molar-refractivity contribution in [3.05, 3.63) is 65.0 Å². The van der Waals surface area contributed by atoms with E-state index in [1.54, 1.807) is 0 Å². The van der Waals surface area contributed by atoms with Gasteiger partial charge in [0.05, 0.1) is 12.9 Å². The maximum Gasteiger partial charge on any atom is 0.406 e. The predicted molar refractivity (Wildman–Crippen MR) is 92.9 cm³/mol. The molecular weight excluding hydrogens is 424 g/mol. The van der Waals surface area contributed by atoms with Crippen molar-refractivity contribution in [2.45, 2.75) is 18.1 Å². The summed E-state index contributed by atoms with van der Waals surface area (Å²) in [7, 11) is 0.500.